The lowest BCUT2D eigenvalue weighted by Gasteiger charge is -2.32. The van der Waals surface area contributed by atoms with E-state index in [0.29, 0.717) is 36.5 Å². The number of aryl methyl sites for hydroxylation is 1. The molecule has 32 heavy (non-hydrogen) atoms. The van der Waals surface area contributed by atoms with Gasteiger partial charge in [-0.1, -0.05) is 43.6 Å². The van der Waals surface area contributed by atoms with Crippen LogP contribution < -0.4 is 4.74 Å². The third kappa shape index (κ3) is 6.61. The van der Waals surface area contributed by atoms with E-state index >= 15 is 0 Å². The summed E-state index contributed by atoms with van der Waals surface area (Å²) in [5, 5.41) is 21.3. The molecule has 5 heteroatoms. The van der Waals surface area contributed by atoms with Crippen LogP contribution in [-0.4, -0.2) is 35.5 Å². The molecule has 0 saturated carbocycles. The van der Waals surface area contributed by atoms with Crippen LogP contribution >= 0.6 is 0 Å². The van der Waals surface area contributed by atoms with Crippen molar-refractivity contribution in [3.63, 3.8) is 0 Å². The maximum atomic E-state index is 12.2. The molecule has 1 aromatic carbocycles. The number of hydrogen-bond donors (Lipinski definition) is 2. The van der Waals surface area contributed by atoms with Crippen molar-refractivity contribution >= 4 is 5.97 Å². The van der Waals surface area contributed by atoms with Crippen LogP contribution in [0.5, 0.6) is 11.5 Å². The van der Waals surface area contributed by atoms with Crippen LogP contribution in [0, 0.1) is 5.92 Å². The highest BCUT2D eigenvalue weighted by Gasteiger charge is 2.33. The van der Waals surface area contributed by atoms with Crippen molar-refractivity contribution < 1.29 is 24.5 Å². The quantitative estimate of drug-likeness (QED) is 0.279. The number of carboxylic acids is 1. The van der Waals surface area contributed by atoms with Crippen LogP contribution in [-0.2, 0) is 11.2 Å². The predicted molar refractivity (Wildman–Crippen MR) is 129 cm³/mol. The zero-order valence-corrected chi connectivity index (χ0v) is 20.4. The summed E-state index contributed by atoms with van der Waals surface area (Å²) in [6.07, 6.45) is 7.61. The summed E-state index contributed by atoms with van der Waals surface area (Å²) < 4.78 is 11.7. The van der Waals surface area contributed by atoms with Crippen molar-refractivity contribution in [1.82, 2.24) is 0 Å². The van der Waals surface area contributed by atoms with Gasteiger partial charge in [0.2, 0.25) is 0 Å². The van der Waals surface area contributed by atoms with Crippen LogP contribution in [0.3, 0.4) is 0 Å². The van der Waals surface area contributed by atoms with Gasteiger partial charge in [-0.25, -0.2) is 4.79 Å². The number of aromatic hydroxyl groups is 1. The average molecular weight is 445 g/mol. The Bertz CT molecular complexity index is 837. The second kappa shape index (κ2) is 12.1. The van der Waals surface area contributed by atoms with E-state index in [1.807, 2.05) is 26.8 Å². The molecule has 0 radical (unpaired) electrons. The second-order valence-corrected chi connectivity index (χ2v) is 9.23. The topological polar surface area (TPSA) is 76.0 Å². The van der Waals surface area contributed by atoms with E-state index in [1.54, 1.807) is 0 Å². The smallest absolute Gasteiger partial charge is 0.339 e. The summed E-state index contributed by atoms with van der Waals surface area (Å²) in [6.45, 7) is 15.0. The monoisotopic (exact) mass is 444 g/mol. The van der Waals surface area contributed by atoms with E-state index in [-0.39, 0.29) is 29.3 Å². The van der Waals surface area contributed by atoms with Gasteiger partial charge in [0.15, 0.2) is 0 Å². The first-order valence-electron chi connectivity index (χ1n) is 11.9. The summed E-state index contributed by atoms with van der Waals surface area (Å²) in [4.78, 5) is 12.2. The lowest BCUT2D eigenvalue weighted by atomic mass is 9.73. The molecule has 2 rings (SSSR count). The van der Waals surface area contributed by atoms with Gasteiger partial charge >= 0.3 is 5.97 Å². The lowest BCUT2D eigenvalue weighted by molar-refractivity contribution is 0.0548. The minimum atomic E-state index is -1.10. The van der Waals surface area contributed by atoms with Gasteiger partial charge in [0.1, 0.15) is 23.7 Å². The minimum absolute atomic E-state index is 0.000949. The Morgan fingerprint density at radius 3 is 2.59 bits per heavy atom. The highest BCUT2D eigenvalue weighted by molar-refractivity contribution is 5.94. The van der Waals surface area contributed by atoms with Crippen molar-refractivity contribution in [3.8, 4) is 11.5 Å². The van der Waals surface area contributed by atoms with Gasteiger partial charge in [-0.15, -0.1) is 0 Å². The SMILES string of the molecule is C=C(C)C1CCC(C)=CC1c1c(OCCOC(C)C)cc(CCCCC)c(C(=O)O)c1O. The fourth-order valence-corrected chi connectivity index (χ4v) is 4.50. The van der Waals surface area contributed by atoms with Crippen molar-refractivity contribution in [2.24, 2.45) is 5.92 Å². The van der Waals surface area contributed by atoms with E-state index in [0.717, 1.165) is 37.7 Å². The maximum Gasteiger partial charge on any atom is 0.339 e. The van der Waals surface area contributed by atoms with Crippen molar-refractivity contribution in [3.05, 3.63) is 46.6 Å². The summed E-state index contributed by atoms with van der Waals surface area (Å²) in [5.74, 6) is -0.785. The molecule has 0 saturated heterocycles. The molecule has 0 heterocycles. The first-order valence-corrected chi connectivity index (χ1v) is 11.9. The lowest BCUT2D eigenvalue weighted by Crippen LogP contribution is -2.20. The largest absolute Gasteiger partial charge is 0.507 e. The molecular weight excluding hydrogens is 404 g/mol. The number of benzene rings is 1. The molecule has 1 aliphatic carbocycles. The highest BCUT2D eigenvalue weighted by atomic mass is 16.5. The molecule has 1 aliphatic rings. The van der Waals surface area contributed by atoms with Crippen LogP contribution in [0.25, 0.3) is 0 Å². The van der Waals surface area contributed by atoms with E-state index in [9.17, 15) is 15.0 Å². The number of hydrogen-bond acceptors (Lipinski definition) is 4. The van der Waals surface area contributed by atoms with Gasteiger partial charge in [0.25, 0.3) is 0 Å². The average Bonchev–Trinajstić information content (AvgIpc) is 2.70. The molecule has 178 valence electrons. The van der Waals surface area contributed by atoms with Gasteiger partial charge in [0, 0.05) is 11.5 Å². The van der Waals surface area contributed by atoms with E-state index in [4.69, 9.17) is 9.47 Å². The minimum Gasteiger partial charge on any atom is -0.507 e. The van der Waals surface area contributed by atoms with Gasteiger partial charge in [-0.05, 0) is 70.9 Å². The van der Waals surface area contributed by atoms with Crippen molar-refractivity contribution in [2.45, 2.75) is 85.2 Å². The first-order chi connectivity index (χ1) is 15.2. The van der Waals surface area contributed by atoms with Gasteiger partial charge < -0.3 is 19.7 Å². The third-order valence-corrected chi connectivity index (χ3v) is 6.15. The number of ether oxygens (including phenoxy) is 2. The summed E-state index contributed by atoms with van der Waals surface area (Å²) in [5.41, 5.74) is 3.42. The van der Waals surface area contributed by atoms with E-state index < -0.39 is 5.97 Å². The Morgan fingerprint density at radius 1 is 1.28 bits per heavy atom. The Kier molecular flexibility index (Phi) is 9.83. The molecule has 0 aliphatic heterocycles. The predicted octanol–water partition coefficient (Wildman–Crippen LogP) is 6.64. The fourth-order valence-electron chi connectivity index (χ4n) is 4.50. The van der Waals surface area contributed by atoms with Crippen molar-refractivity contribution in [2.75, 3.05) is 13.2 Å². The van der Waals surface area contributed by atoms with Crippen LogP contribution in [0.2, 0.25) is 0 Å². The number of aromatic carboxylic acids is 1. The van der Waals surface area contributed by atoms with E-state index in [1.165, 1.54) is 5.57 Å². The standard InChI is InChI=1S/C27H40O5/c1-7-8-9-10-20-16-23(32-14-13-31-18(4)5)25(26(28)24(20)27(29)30)22-15-19(6)11-12-21(22)17(2)3/h15-16,18,21-22,28H,2,7-14H2,1,3-6H3,(H,29,30). The first kappa shape index (κ1) is 26.0. The molecule has 5 nitrogen and oxygen atoms in total. The maximum absolute atomic E-state index is 12.2. The Balaban J connectivity index is 2.59. The second-order valence-electron chi connectivity index (χ2n) is 9.23. The number of carboxylic acid groups (broad SMARTS) is 1. The number of unbranched alkanes of at least 4 members (excludes halogenated alkanes) is 2. The fraction of sp³-hybridized carbons (Fsp3) is 0.593. The Morgan fingerprint density at radius 2 is 2.00 bits per heavy atom. The molecule has 2 N–H and O–H groups in total. The summed E-state index contributed by atoms with van der Waals surface area (Å²) >= 11 is 0. The molecule has 0 amide bonds. The van der Waals surface area contributed by atoms with Gasteiger partial charge in [-0.2, -0.15) is 0 Å². The number of allylic oxidation sites excluding steroid dienone is 3. The van der Waals surface area contributed by atoms with Crippen LogP contribution in [0.4, 0.5) is 0 Å². The third-order valence-electron chi connectivity index (χ3n) is 6.15. The Labute approximate surface area is 193 Å². The summed E-state index contributed by atoms with van der Waals surface area (Å²) in [7, 11) is 0. The Hall–Kier alpha value is -2.27. The van der Waals surface area contributed by atoms with Crippen LogP contribution in [0.15, 0.2) is 29.9 Å². The van der Waals surface area contributed by atoms with E-state index in [2.05, 4.69) is 26.5 Å². The normalized spacial score (nSPS) is 18.5. The molecule has 0 bridgehead atoms. The summed E-state index contributed by atoms with van der Waals surface area (Å²) in [6, 6.07) is 1.83. The molecule has 0 spiro atoms. The highest BCUT2D eigenvalue weighted by Crippen LogP contribution is 2.48. The van der Waals surface area contributed by atoms with Gasteiger partial charge in [0.05, 0.1) is 12.7 Å². The van der Waals surface area contributed by atoms with Crippen LogP contribution in [0.1, 0.15) is 94.1 Å². The molecule has 1 aromatic rings. The zero-order chi connectivity index (χ0) is 23.8. The van der Waals surface area contributed by atoms with Gasteiger partial charge in [-0.3, -0.25) is 0 Å². The molecule has 0 aromatic heterocycles. The number of carbonyl (C=O) groups is 1. The number of rotatable bonds is 12. The van der Waals surface area contributed by atoms with Crippen molar-refractivity contribution in [1.29, 1.82) is 0 Å². The molecular formula is C27H40O5. The molecule has 2 unspecified atom stereocenters. The number of phenols is 1. The molecule has 0 fully saturated rings. The molecule has 2 atom stereocenters. The zero-order valence-electron chi connectivity index (χ0n) is 20.4.